The normalized spacial score (nSPS) is 18.9. The number of aromatic nitrogens is 1. The first-order valence-corrected chi connectivity index (χ1v) is 9.83. The summed E-state index contributed by atoms with van der Waals surface area (Å²) in [6.45, 7) is 1.71. The summed E-state index contributed by atoms with van der Waals surface area (Å²) >= 11 is 0. The van der Waals surface area contributed by atoms with Gasteiger partial charge < -0.3 is 19.9 Å². The molecule has 2 aromatic rings. The molecule has 0 bridgehead atoms. The van der Waals surface area contributed by atoms with Crippen LogP contribution < -0.4 is 4.74 Å². The van der Waals surface area contributed by atoms with E-state index >= 15 is 0 Å². The molecular weight excluding hydrogens is 370 g/mol. The number of hydrogen-bond donors (Lipinski definition) is 3. The third-order valence-electron chi connectivity index (χ3n) is 5.39. The number of aryl methyl sites for hydroxylation is 1. The van der Waals surface area contributed by atoms with E-state index in [2.05, 4.69) is 4.98 Å². The van der Waals surface area contributed by atoms with Crippen LogP contribution in [0.5, 0.6) is 11.5 Å². The molecule has 154 valence electrons. The van der Waals surface area contributed by atoms with Crippen molar-refractivity contribution in [3.63, 3.8) is 0 Å². The van der Waals surface area contributed by atoms with Crippen molar-refractivity contribution in [3.8, 4) is 11.5 Å². The van der Waals surface area contributed by atoms with E-state index in [0.29, 0.717) is 18.6 Å². The topological polar surface area (TPSA) is 99.6 Å². The number of aliphatic hydroxyl groups excluding tert-OH is 1. The van der Waals surface area contributed by atoms with Gasteiger partial charge in [-0.3, -0.25) is 9.59 Å². The maximum atomic E-state index is 12.9. The highest BCUT2D eigenvalue weighted by molar-refractivity contribution is 6.01. The van der Waals surface area contributed by atoms with Gasteiger partial charge in [0.25, 0.3) is 0 Å². The summed E-state index contributed by atoms with van der Waals surface area (Å²) in [7, 11) is 1.47. The fourth-order valence-corrected chi connectivity index (χ4v) is 3.92. The van der Waals surface area contributed by atoms with E-state index < -0.39 is 12.0 Å². The van der Waals surface area contributed by atoms with Crippen LogP contribution in [0.3, 0.4) is 0 Å². The molecule has 0 saturated carbocycles. The van der Waals surface area contributed by atoms with Crippen molar-refractivity contribution >= 4 is 17.6 Å². The highest BCUT2D eigenvalue weighted by Crippen LogP contribution is 2.38. The number of aromatic hydroxyl groups is 1. The van der Waals surface area contributed by atoms with Crippen molar-refractivity contribution in [2.75, 3.05) is 7.11 Å². The van der Waals surface area contributed by atoms with Gasteiger partial charge in [-0.05, 0) is 55.2 Å². The molecule has 29 heavy (non-hydrogen) atoms. The van der Waals surface area contributed by atoms with Gasteiger partial charge in [-0.2, -0.15) is 0 Å². The second-order valence-corrected chi connectivity index (χ2v) is 7.61. The van der Waals surface area contributed by atoms with Crippen molar-refractivity contribution in [2.45, 2.75) is 44.6 Å². The Morgan fingerprint density at radius 3 is 2.79 bits per heavy atom. The average Bonchev–Trinajstić information content (AvgIpc) is 3.16. The van der Waals surface area contributed by atoms with Gasteiger partial charge in [0, 0.05) is 30.1 Å². The summed E-state index contributed by atoms with van der Waals surface area (Å²) < 4.78 is 5.08. The highest BCUT2D eigenvalue weighted by Gasteiger charge is 2.33. The fraction of sp³-hybridized carbons (Fsp3) is 0.391. The number of ether oxygens (including phenoxy) is 1. The number of phenols is 1. The molecule has 3 N–H and O–H groups in total. The minimum absolute atomic E-state index is 0.0510. The van der Waals surface area contributed by atoms with Crippen LogP contribution >= 0.6 is 0 Å². The zero-order chi connectivity index (χ0) is 21.0. The number of carbonyl (C=O) groups excluding carboxylic acids is 2. The molecule has 1 aromatic carbocycles. The summed E-state index contributed by atoms with van der Waals surface area (Å²) in [4.78, 5) is 28.4. The second-order valence-electron chi connectivity index (χ2n) is 7.61. The van der Waals surface area contributed by atoms with Gasteiger partial charge in [0.05, 0.1) is 19.6 Å². The van der Waals surface area contributed by atoms with Gasteiger partial charge in [-0.1, -0.05) is 12.1 Å². The van der Waals surface area contributed by atoms with E-state index in [1.54, 1.807) is 19.1 Å². The van der Waals surface area contributed by atoms with E-state index in [9.17, 15) is 19.8 Å². The van der Waals surface area contributed by atoms with Gasteiger partial charge >= 0.3 is 0 Å². The van der Waals surface area contributed by atoms with Crippen molar-refractivity contribution < 1.29 is 24.5 Å². The first-order chi connectivity index (χ1) is 13.9. The van der Waals surface area contributed by atoms with Crippen LogP contribution in [0.15, 0.2) is 36.5 Å². The Bertz CT molecular complexity index is 912. The number of H-pyrrole nitrogens is 1. The molecule has 6 nitrogen and oxygen atoms in total. The van der Waals surface area contributed by atoms with E-state index in [-0.39, 0.29) is 36.1 Å². The largest absolute Gasteiger partial charge is 0.504 e. The minimum atomic E-state index is -0.537. The number of phenolic OH excluding ortho intramolecular Hbond substituents is 1. The molecule has 0 radical (unpaired) electrons. The maximum Gasteiger partial charge on any atom is 0.160 e. The van der Waals surface area contributed by atoms with Crippen molar-refractivity contribution in [2.24, 2.45) is 5.92 Å². The number of benzene rings is 1. The zero-order valence-electron chi connectivity index (χ0n) is 16.7. The molecule has 1 heterocycles. The molecule has 1 aliphatic rings. The standard InChI is InChI=1S/C23H27NO5/c1-14(25)11-19-17-9-10-24-20(17)7-6-18(19)22(28)13-16(26)5-3-15-4-8-21(27)23(12-15)29-2/h4,6-10,12,14,18-19,24-25,27H,3,5,11,13H2,1-2H3/t14-,18+,19+/m0/s1. The number of methoxy groups -OCH3 is 1. The number of Topliss-reactive ketones (excluding diaryl/α,β-unsaturated/α-hetero) is 2. The third-order valence-corrected chi connectivity index (χ3v) is 5.39. The molecule has 3 atom stereocenters. The van der Waals surface area contributed by atoms with Crippen molar-refractivity contribution in [1.82, 2.24) is 4.98 Å². The Labute approximate surface area is 170 Å². The highest BCUT2D eigenvalue weighted by atomic mass is 16.5. The molecule has 0 aliphatic heterocycles. The monoisotopic (exact) mass is 397 g/mol. The summed E-state index contributed by atoms with van der Waals surface area (Å²) in [6.07, 6.45) is 6.07. The Hall–Kier alpha value is -2.86. The van der Waals surface area contributed by atoms with Crippen LogP contribution in [0.4, 0.5) is 0 Å². The summed E-state index contributed by atoms with van der Waals surface area (Å²) in [6, 6.07) is 6.90. The quantitative estimate of drug-likeness (QED) is 0.563. The lowest BCUT2D eigenvalue weighted by Crippen LogP contribution is -2.27. The summed E-state index contributed by atoms with van der Waals surface area (Å²) in [5.74, 6) is -0.372. The lowest BCUT2D eigenvalue weighted by atomic mass is 9.75. The van der Waals surface area contributed by atoms with E-state index in [1.165, 1.54) is 13.2 Å². The second kappa shape index (κ2) is 9.09. The molecule has 6 heteroatoms. The molecule has 0 unspecified atom stereocenters. The first kappa shape index (κ1) is 20.9. The Balaban J connectivity index is 1.62. The van der Waals surface area contributed by atoms with Crippen LogP contribution in [0.25, 0.3) is 6.08 Å². The fourth-order valence-electron chi connectivity index (χ4n) is 3.92. The van der Waals surface area contributed by atoms with Crippen LogP contribution in [-0.4, -0.2) is 40.0 Å². The number of aliphatic hydroxyl groups is 1. The minimum Gasteiger partial charge on any atom is -0.504 e. The SMILES string of the molecule is COc1cc(CCC(=O)CC(=O)[C@@H]2C=Cc3[nH]ccc3[C@H]2C[C@H](C)O)ccc1O. The first-order valence-electron chi connectivity index (χ1n) is 9.83. The van der Waals surface area contributed by atoms with E-state index in [1.807, 2.05) is 24.4 Å². The maximum absolute atomic E-state index is 12.9. The predicted molar refractivity (Wildman–Crippen MR) is 110 cm³/mol. The van der Waals surface area contributed by atoms with Crippen molar-refractivity contribution in [3.05, 3.63) is 53.4 Å². The van der Waals surface area contributed by atoms with Gasteiger partial charge in [-0.15, -0.1) is 0 Å². The number of ketones is 2. The van der Waals surface area contributed by atoms with Crippen molar-refractivity contribution in [1.29, 1.82) is 0 Å². The molecule has 1 aromatic heterocycles. The third kappa shape index (κ3) is 4.95. The zero-order valence-corrected chi connectivity index (χ0v) is 16.7. The lowest BCUT2D eigenvalue weighted by molar-refractivity contribution is -0.128. The smallest absolute Gasteiger partial charge is 0.160 e. The van der Waals surface area contributed by atoms with Gasteiger partial charge in [0.2, 0.25) is 0 Å². The lowest BCUT2D eigenvalue weighted by Gasteiger charge is -2.28. The van der Waals surface area contributed by atoms with E-state index in [0.717, 1.165) is 16.8 Å². The van der Waals surface area contributed by atoms with Gasteiger partial charge in [0.1, 0.15) is 11.6 Å². The van der Waals surface area contributed by atoms with Crippen LogP contribution in [-0.2, 0) is 16.0 Å². The van der Waals surface area contributed by atoms with Crippen LogP contribution in [0.1, 0.15) is 48.9 Å². The number of fused-ring (bicyclic) bond motifs is 1. The molecule has 0 spiro atoms. The van der Waals surface area contributed by atoms with Crippen LogP contribution in [0, 0.1) is 5.92 Å². The Morgan fingerprint density at radius 1 is 1.28 bits per heavy atom. The number of hydrogen-bond acceptors (Lipinski definition) is 5. The molecule has 0 fully saturated rings. The number of allylic oxidation sites excluding steroid dienone is 1. The molecule has 0 amide bonds. The predicted octanol–water partition coefficient (Wildman–Crippen LogP) is 3.39. The molecular formula is C23H27NO5. The van der Waals surface area contributed by atoms with Crippen LogP contribution in [0.2, 0.25) is 0 Å². The molecule has 0 saturated heterocycles. The molecule has 3 rings (SSSR count). The van der Waals surface area contributed by atoms with Gasteiger partial charge in [0.15, 0.2) is 11.5 Å². The number of aromatic amines is 1. The molecule has 1 aliphatic carbocycles. The summed E-state index contributed by atoms with van der Waals surface area (Å²) in [5, 5.41) is 19.5. The Morgan fingerprint density at radius 2 is 2.07 bits per heavy atom. The number of nitrogens with one attached hydrogen (secondary N) is 1. The van der Waals surface area contributed by atoms with E-state index in [4.69, 9.17) is 4.74 Å². The number of rotatable bonds is 9. The Kier molecular flexibility index (Phi) is 6.54. The summed E-state index contributed by atoms with van der Waals surface area (Å²) in [5.41, 5.74) is 2.82. The average molecular weight is 397 g/mol. The number of carbonyl (C=O) groups is 2. The van der Waals surface area contributed by atoms with Gasteiger partial charge in [-0.25, -0.2) is 0 Å².